The van der Waals surface area contributed by atoms with Crippen LogP contribution in [0.15, 0.2) is 0 Å². The Labute approximate surface area is 125 Å². The zero-order chi connectivity index (χ0) is 14.6. The van der Waals surface area contributed by atoms with E-state index in [1.54, 1.807) is 0 Å². The molecule has 0 amide bonds. The van der Waals surface area contributed by atoms with E-state index in [0.29, 0.717) is 11.6 Å². The third-order valence-electron chi connectivity index (χ3n) is 5.57. The standard InChI is InChI=1S/C17H35N3/c1-14(2)12-15(3)13-16(19-18)17(8-4-5-9-17)20-10-6-7-11-20/h14-16,19H,4-13,18H2,1-3H3. The molecule has 1 saturated carbocycles. The SMILES string of the molecule is CC(C)CC(C)CC(NN)C1(N2CCCC2)CCCC1. The van der Waals surface area contributed by atoms with Crippen LogP contribution in [0.3, 0.4) is 0 Å². The molecule has 2 rings (SSSR count). The van der Waals surface area contributed by atoms with E-state index < -0.39 is 0 Å². The number of nitrogens with one attached hydrogen (secondary N) is 1. The molecule has 20 heavy (non-hydrogen) atoms. The van der Waals surface area contributed by atoms with Gasteiger partial charge in [-0.15, -0.1) is 0 Å². The van der Waals surface area contributed by atoms with Gasteiger partial charge in [-0.25, -0.2) is 0 Å². The van der Waals surface area contributed by atoms with Crippen LogP contribution in [0.1, 0.15) is 72.1 Å². The minimum Gasteiger partial charge on any atom is -0.296 e. The fourth-order valence-electron chi connectivity index (χ4n) is 4.78. The molecule has 2 aliphatic rings. The molecule has 0 aromatic carbocycles. The van der Waals surface area contributed by atoms with Gasteiger partial charge in [0.05, 0.1) is 0 Å². The summed E-state index contributed by atoms with van der Waals surface area (Å²) in [7, 11) is 0. The Morgan fingerprint density at radius 2 is 1.60 bits per heavy atom. The summed E-state index contributed by atoms with van der Waals surface area (Å²) in [6.45, 7) is 9.63. The first kappa shape index (κ1) is 16.3. The van der Waals surface area contributed by atoms with E-state index in [2.05, 4.69) is 31.1 Å². The second-order valence-corrected chi connectivity index (χ2v) is 7.69. The predicted octanol–water partition coefficient (Wildman–Crippen LogP) is 3.30. The third kappa shape index (κ3) is 3.55. The highest BCUT2D eigenvalue weighted by molar-refractivity contribution is 5.04. The van der Waals surface area contributed by atoms with Crippen molar-refractivity contribution in [3.63, 3.8) is 0 Å². The first-order valence-corrected chi connectivity index (χ1v) is 8.79. The van der Waals surface area contributed by atoms with Gasteiger partial charge in [-0.2, -0.15) is 0 Å². The summed E-state index contributed by atoms with van der Waals surface area (Å²) >= 11 is 0. The highest BCUT2D eigenvalue weighted by Gasteiger charge is 2.46. The second-order valence-electron chi connectivity index (χ2n) is 7.69. The lowest BCUT2D eigenvalue weighted by atomic mass is 9.80. The van der Waals surface area contributed by atoms with E-state index in [9.17, 15) is 0 Å². The van der Waals surface area contributed by atoms with E-state index in [4.69, 9.17) is 5.84 Å². The van der Waals surface area contributed by atoms with Gasteiger partial charge >= 0.3 is 0 Å². The molecule has 0 radical (unpaired) electrons. The van der Waals surface area contributed by atoms with Crippen molar-refractivity contribution >= 4 is 0 Å². The summed E-state index contributed by atoms with van der Waals surface area (Å²) in [4.78, 5) is 2.77. The molecular weight excluding hydrogens is 246 g/mol. The van der Waals surface area contributed by atoms with Crippen LogP contribution in [0, 0.1) is 11.8 Å². The highest BCUT2D eigenvalue weighted by Crippen LogP contribution is 2.41. The fourth-order valence-corrected chi connectivity index (χ4v) is 4.78. The van der Waals surface area contributed by atoms with Gasteiger partial charge in [0.1, 0.15) is 0 Å². The lowest BCUT2D eigenvalue weighted by molar-refractivity contribution is 0.0651. The van der Waals surface area contributed by atoms with Gasteiger partial charge in [0, 0.05) is 11.6 Å². The third-order valence-corrected chi connectivity index (χ3v) is 5.57. The van der Waals surface area contributed by atoms with Crippen molar-refractivity contribution in [3.8, 4) is 0 Å². The number of hydrogen-bond donors (Lipinski definition) is 2. The van der Waals surface area contributed by atoms with Gasteiger partial charge < -0.3 is 0 Å². The number of likely N-dealkylation sites (tertiary alicyclic amines) is 1. The zero-order valence-electron chi connectivity index (χ0n) is 13.8. The zero-order valence-corrected chi connectivity index (χ0v) is 13.8. The highest BCUT2D eigenvalue weighted by atomic mass is 15.3. The molecule has 1 aliphatic carbocycles. The summed E-state index contributed by atoms with van der Waals surface area (Å²) in [5.74, 6) is 7.55. The topological polar surface area (TPSA) is 41.3 Å². The smallest absolute Gasteiger partial charge is 0.0397 e. The molecule has 1 saturated heterocycles. The fraction of sp³-hybridized carbons (Fsp3) is 1.00. The Morgan fingerprint density at radius 1 is 1.00 bits per heavy atom. The Balaban J connectivity index is 2.05. The first-order chi connectivity index (χ1) is 9.58. The summed E-state index contributed by atoms with van der Waals surface area (Å²) < 4.78 is 0. The molecule has 3 nitrogen and oxygen atoms in total. The van der Waals surface area contributed by atoms with Crippen LogP contribution in [0.2, 0.25) is 0 Å². The summed E-state index contributed by atoms with van der Waals surface area (Å²) in [5.41, 5.74) is 3.58. The molecule has 1 aliphatic heterocycles. The summed E-state index contributed by atoms with van der Waals surface area (Å²) in [6, 6.07) is 0.469. The van der Waals surface area contributed by atoms with Gasteiger partial charge in [-0.3, -0.25) is 16.2 Å². The number of hydrogen-bond acceptors (Lipinski definition) is 3. The van der Waals surface area contributed by atoms with Crippen molar-refractivity contribution in [1.29, 1.82) is 0 Å². The van der Waals surface area contributed by atoms with Crippen LogP contribution in [-0.4, -0.2) is 29.6 Å². The molecule has 2 atom stereocenters. The van der Waals surface area contributed by atoms with E-state index in [0.717, 1.165) is 11.8 Å². The monoisotopic (exact) mass is 281 g/mol. The largest absolute Gasteiger partial charge is 0.296 e. The quantitative estimate of drug-likeness (QED) is 0.556. The Hall–Kier alpha value is -0.120. The first-order valence-electron chi connectivity index (χ1n) is 8.79. The summed E-state index contributed by atoms with van der Waals surface area (Å²) in [6.07, 6.45) is 10.7. The molecule has 2 fully saturated rings. The van der Waals surface area contributed by atoms with Crippen molar-refractivity contribution in [2.75, 3.05) is 13.1 Å². The minimum absolute atomic E-state index is 0.358. The number of nitrogens with two attached hydrogens (primary N) is 1. The van der Waals surface area contributed by atoms with Gasteiger partial charge in [-0.05, 0) is 63.5 Å². The summed E-state index contributed by atoms with van der Waals surface area (Å²) in [5, 5.41) is 0. The van der Waals surface area contributed by atoms with Crippen LogP contribution in [0.5, 0.6) is 0 Å². The molecule has 0 spiro atoms. The van der Waals surface area contributed by atoms with Gasteiger partial charge in [0.15, 0.2) is 0 Å². The maximum Gasteiger partial charge on any atom is 0.0397 e. The van der Waals surface area contributed by atoms with Crippen LogP contribution < -0.4 is 11.3 Å². The van der Waals surface area contributed by atoms with Gasteiger partial charge in [0.2, 0.25) is 0 Å². The molecule has 2 unspecified atom stereocenters. The van der Waals surface area contributed by atoms with Gasteiger partial charge in [-0.1, -0.05) is 33.6 Å². The average Bonchev–Trinajstić information content (AvgIpc) is 3.05. The van der Waals surface area contributed by atoms with Crippen LogP contribution in [-0.2, 0) is 0 Å². The van der Waals surface area contributed by atoms with Crippen molar-refractivity contribution in [2.24, 2.45) is 17.7 Å². The molecular formula is C17H35N3. The number of nitrogens with zero attached hydrogens (tertiary/aromatic N) is 1. The van der Waals surface area contributed by atoms with E-state index in [-0.39, 0.29) is 0 Å². The second kappa shape index (κ2) is 7.24. The maximum atomic E-state index is 6.01. The van der Waals surface area contributed by atoms with E-state index in [1.165, 1.54) is 64.5 Å². The van der Waals surface area contributed by atoms with Crippen LogP contribution >= 0.6 is 0 Å². The van der Waals surface area contributed by atoms with Crippen molar-refractivity contribution in [3.05, 3.63) is 0 Å². The van der Waals surface area contributed by atoms with Crippen molar-refractivity contribution < 1.29 is 0 Å². The van der Waals surface area contributed by atoms with E-state index >= 15 is 0 Å². The predicted molar refractivity (Wildman–Crippen MR) is 86.4 cm³/mol. The van der Waals surface area contributed by atoms with Crippen molar-refractivity contribution in [2.45, 2.75) is 83.7 Å². The lowest BCUT2D eigenvalue weighted by Gasteiger charge is -2.45. The molecule has 0 bridgehead atoms. The maximum absolute atomic E-state index is 6.01. The molecule has 3 N–H and O–H groups in total. The average molecular weight is 281 g/mol. The Kier molecular flexibility index (Phi) is 5.88. The molecule has 3 heteroatoms. The molecule has 1 heterocycles. The Morgan fingerprint density at radius 3 is 2.10 bits per heavy atom. The lowest BCUT2D eigenvalue weighted by Crippen LogP contribution is -2.61. The molecule has 118 valence electrons. The van der Waals surface area contributed by atoms with E-state index in [1.807, 2.05) is 0 Å². The number of rotatable bonds is 7. The molecule has 0 aromatic heterocycles. The van der Waals surface area contributed by atoms with Crippen molar-refractivity contribution in [1.82, 2.24) is 10.3 Å². The normalized spacial score (nSPS) is 26.2. The van der Waals surface area contributed by atoms with Crippen LogP contribution in [0.25, 0.3) is 0 Å². The number of hydrazine groups is 1. The Bertz CT molecular complexity index is 278. The van der Waals surface area contributed by atoms with Gasteiger partial charge in [0.25, 0.3) is 0 Å². The minimum atomic E-state index is 0.358. The molecule has 0 aromatic rings. The van der Waals surface area contributed by atoms with Crippen LogP contribution in [0.4, 0.5) is 0 Å².